The number of nitro benzene ring substituents is 1. The molecule has 0 aromatic heterocycles. The number of phenols is 1. The molecular formula is C17H16Br2N4O5. The van der Waals surface area contributed by atoms with Crippen molar-refractivity contribution in [3.05, 3.63) is 54.5 Å². The van der Waals surface area contributed by atoms with Gasteiger partial charge in [0.05, 0.1) is 36.5 Å². The van der Waals surface area contributed by atoms with Crippen LogP contribution < -0.4 is 15.5 Å². The van der Waals surface area contributed by atoms with E-state index in [0.717, 1.165) is 32.9 Å². The second-order valence-electron chi connectivity index (χ2n) is 5.59. The lowest BCUT2D eigenvalue weighted by atomic mass is 10.2. The number of ether oxygens (including phenoxy) is 1. The monoisotopic (exact) mass is 514 g/mol. The minimum Gasteiger partial charge on any atom is -0.504 e. The van der Waals surface area contributed by atoms with Gasteiger partial charge in [-0.05, 0) is 56.5 Å². The van der Waals surface area contributed by atoms with Gasteiger partial charge in [0.2, 0.25) is 0 Å². The molecule has 0 heterocycles. The molecule has 3 N–H and O–H groups in total. The standard InChI is InChI=1S/C17H16Br2N4O5/c1-9-3-12(18)16(13(19)4-9)20-8-15(24)22-21-7-10-5-11(23(26)27)6-14(28-2)17(10)25/h3-7,20,25H,8H2,1-2H3,(H,22,24). The number of aryl methyl sites for hydroxylation is 1. The van der Waals surface area contributed by atoms with Crippen LogP contribution in [0, 0.1) is 17.0 Å². The summed E-state index contributed by atoms with van der Waals surface area (Å²) in [6.07, 6.45) is 1.10. The zero-order valence-electron chi connectivity index (χ0n) is 14.8. The first kappa shape index (κ1) is 21.6. The first-order valence-electron chi connectivity index (χ1n) is 7.79. The minimum absolute atomic E-state index is 0.0309. The number of amides is 1. The number of nitro groups is 1. The van der Waals surface area contributed by atoms with Gasteiger partial charge < -0.3 is 15.2 Å². The molecule has 2 rings (SSSR count). The Bertz CT molecular complexity index is 926. The number of hydrogen-bond acceptors (Lipinski definition) is 7. The molecule has 9 nitrogen and oxygen atoms in total. The molecule has 0 bridgehead atoms. The average Bonchev–Trinajstić information content (AvgIpc) is 2.61. The van der Waals surface area contributed by atoms with E-state index in [1.807, 2.05) is 19.1 Å². The Balaban J connectivity index is 2.04. The Morgan fingerprint density at radius 1 is 1.32 bits per heavy atom. The smallest absolute Gasteiger partial charge is 0.274 e. The third-order valence-electron chi connectivity index (χ3n) is 3.52. The van der Waals surface area contributed by atoms with Crippen molar-refractivity contribution in [2.24, 2.45) is 5.10 Å². The number of hydrogen-bond donors (Lipinski definition) is 3. The summed E-state index contributed by atoms with van der Waals surface area (Å²) in [4.78, 5) is 22.3. The van der Waals surface area contributed by atoms with E-state index in [1.165, 1.54) is 7.11 Å². The van der Waals surface area contributed by atoms with E-state index in [0.29, 0.717) is 5.69 Å². The molecule has 0 saturated heterocycles. The molecule has 0 unspecified atom stereocenters. The van der Waals surface area contributed by atoms with Crippen LogP contribution in [0.5, 0.6) is 11.5 Å². The average molecular weight is 516 g/mol. The Kier molecular flexibility index (Phi) is 7.35. The summed E-state index contributed by atoms with van der Waals surface area (Å²) >= 11 is 6.85. The van der Waals surface area contributed by atoms with E-state index in [-0.39, 0.29) is 29.3 Å². The molecule has 11 heteroatoms. The normalized spacial score (nSPS) is 10.7. The number of rotatable bonds is 7. The van der Waals surface area contributed by atoms with Gasteiger partial charge in [-0.25, -0.2) is 5.43 Å². The minimum atomic E-state index is -0.626. The molecule has 148 valence electrons. The summed E-state index contributed by atoms with van der Waals surface area (Å²) in [6.45, 7) is 1.88. The molecule has 0 aliphatic carbocycles. The molecule has 0 fully saturated rings. The number of phenolic OH excluding ortho intramolecular Hbond substituents is 1. The van der Waals surface area contributed by atoms with Crippen molar-refractivity contribution >= 4 is 55.4 Å². The third-order valence-corrected chi connectivity index (χ3v) is 4.78. The molecule has 2 aromatic carbocycles. The number of carbonyl (C=O) groups is 1. The topological polar surface area (TPSA) is 126 Å². The lowest BCUT2D eigenvalue weighted by Crippen LogP contribution is -2.26. The first-order chi connectivity index (χ1) is 13.2. The van der Waals surface area contributed by atoms with E-state index < -0.39 is 10.8 Å². The largest absolute Gasteiger partial charge is 0.504 e. The maximum Gasteiger partial charge on any atom is 0.274 e. The first-order valence-corrected chi connectivity index (χ1v) is 9.38. The van der Waals surface area contributed by atoms with Gasteiger partial charge in [-0.3, -0.25) is 14.9 Å². The Labute approximate surface area is 177 Å². The van der Waals surface area contributed by atoms with Gasteiger partial charge in [-0.2, -0.15) is 5.10 Å². The van der Waals surface area contributed by atoms with Gasteiger partial charge in [-0.1, -0.05) is 0 Å². The Hall–Kier alpha value is -2.66. The SMILES string of the molecule is COc1cc([N+](=O)[O-])cc(C=NNC(=O)CNc2c(Br)cc(C)cc2Br)c1O. The van der Waals surface area contributed by atoms with Crippen LogP contribution in [0.25, 0.3) is 0 Å². The van der Waals surface area contributed by atoms with Crippen LogP contribution in [-0.2, 0) is 4.79 Å². The summed E-state index contributed by atoms with van der Waals surface area (Å²) in [5.41, 5.74) is 3.79. The van der Waals surface area contributed by atoms with Crippen molar-refractivity contribution < 1.29 is 19.6 Å². The van der Waals surface area contributed by atoms with Crippen molar-refractivity contribution in [3.8, 4) is 11.5 Å². The van der Waals surface area contributed by atoms with Crippen molar-refractivity contribution in [1.82, 2.24) is 5.43 Å². The number of nitrogens with one attached hydrogen (secondary N) is 2. The molecule has 28 heavy (non-hydrogen) atoms. The van der Waals surface area contributed by atoms with Crippen LogP contribution in [0.1, 0.15) is 11.1 Å². The molecule has 0 aliphatic rings. The van der Waals surface area contributed by atoms with E-state index in [4.69, 9.17) is 4.74 Å². The van der Waals surface area contributed by atoms with E-state index in [1.54, 1.807) is 0 Å². The molecular weight excluding hydrogens is 500 g/mol. The van der Waals surface area contributed by atoms with Crippen molar-refractivity contribution in [1.29, 1.82) is 0 Å². The van der Waals surface area contributed by atoms with Gasteiger partial charge in [0.15, 0.2) is 11.5 Å². The number of halogens is 2. The van der Waals surface area contributed by atoms with Crippen LogP contribution in [-0.4, -0.2) is 35.8 Å². The van der Waals surface area contributed by atoms with Crippen LogP contribution in [0.2, 0.25) is 0 Å². The van der Waals surface area contributed by atoms with Gasteiger partial charge >= 0.3 is 0 Å². The van der Waals surface area contributed by atoms with Crippen LogP contribution in [0.15, 0.2) is 38.3 Å². The number of nitrogens with zero attached hydrogens (tertiary/aromatic N) is 2. The number of methoxy groups -OCH3 is 1. The molecule has 0 spiro atoms. The molecule has 0 aliphatic heterocycles. The number of anilines is 1. The number of carbonyl (C=O) groups excluding carboxylic acids is 1. The van der Waals surface area contributed by atoms with Crippen molar-refractivity contribution in [3.63, 3.8) is 0 Å². The second kappa shape index (κ2) is 9.51. The second-order valence-corrected chi connectivity index (χ2v) is 7.30. The van der Waals surface area contributed by atoms with Gasteiger partial charge in [-0.15, -0.1) is 0 Å². The number of hydrazone groups is 1. The zero-order chi connectivity index (χ0) is 20.8. The molecule has 0 radical (unpaired) electrons. The van der Waals surface area contributed by atoms with Crippen LogP contribution in [0.4, 0.5) is 11.4 Å². The predicted octanol–water partition coefficient (Wildman–Crippen LogP) is 3.70. The highest BCUT2D eigenvalue weighted by Gasteiger charge is 2.16. The van der Waals surface area contributed by atoms with E-state index in [2.05, 4.69) is 47.7 Å². The van der Waals surface area contributed by atoms with E-state index in [9.17, 15) is 20.0 Å². The molecule has 1 amide bonds. The van der Waals surface area contributed by atoms with Crippen LogP contribution in [0.3, 0.4) is 0 Å². The lowest BCUT2D eigenvalue weighted by Gasteiger charge is -2.11. The number of benzene rings is 2. The number of non-ortho nitro benzene ring substituents is 1. The summed E-state index contributed by atoms with van der Waals surface area (Å²) in [6, 6.07) is 6.02. The fourth-order valence-electron chi connectivity index (χ4n) is 2.22. The summed E-state index contributed by atoms with van der Waals surface area (Å²) in [7, 11) is 1.27. The molecule has 2 aromatic rings. The maximum atomic E-state index is 12.0. The Morgan fingerprint density at radius 2 is 1.96 bits per heavy atom. The van der Waals surface area contributed by atoms with Gasteiger partial charge in [0, 0.05) is 20.6 Å². The predicted molar refractivity (Wildman–Crippen MR) is 112 cm³/mol. The highest BCUT2D eigenvalue weighted by atomic mass is 79.9. The lowest BCUT2D eigenvalue weighted by molar-refractivity contribution is -0.385. The zero-order valence-corrected chi connectivity index (χ0v) is 18.0. The van der Waals surface area contributed by atoms with Crippen molar-refractivity contribution in [2.45, 2.75) is 6.92 Å². The molecule has 0 atom stereocenters. The van der Waals surface area contributed by atoms with Gasteiger partial charge in [0.25, 0.3) is 11.6 Å². The Morgan fingerprint density at radius 3 is 2.54 bits per heavy atom. The summed E-state index contributed by atoms with van der Waals surface area (Å²) in [5, 5.41) is 27.7. The summed E-state index contributed by atoms with van der Waals surface area (Å²) in [5.74, 6) is -0.845. The highest BCUT2D eigenvalue weighted by molar-refractivity contribution is 9.11. The van der Waals surface area contributed by atoms with Gasteiger partial charge in [0.1, 0.15) is 0 Å². The number of aromatic hydroxyl groups is 1. The molecule has 0 saturated carbocycles. The fourth-order valence-corrected chi connectivity index (χ4v) is 3.92. The third kappa shape index (κ3) is 5.42. The van der Waals surface area contributed by atoms with Crippen molar-refractivity contribution in [2.75, 3.05) is 19.0 Å². The summed E-state index contributed by atoms with van der Waals surface area (Å²) < 4.78 is 6.49. The van der Waals surface area contributed by atoms with E-state index >= 15 is 0 Å². The highest BCUT2D eigenvalue weighted by Crippen LogP contribution is 2.33. The maximum absolute atomic E-state index is 12.0. The van der Waals surface area contributed by atoms with Crippen LogP contribution >= 0.6 is 31.9 Å². The fraction of sp³-hybridized carbons (Fsp3) is 0.176. The quantitative estimate of drug-likeness (QED) is 0.293.